The summed E-state index contributed by atoms with van der Waals surface area (Å²) in [5, 5.41) is 0. The van der Waals surface area contributed by atoms with Crippen LogP contribution in [0.15, 0.2) is 22.7 Å². The molecule has 0 amide bonds. The van der Waals surface area contributed by atoms with Crippen molar-refractivity contribution < 1.29 is 4.39 Å². The minimum Gasteiger partial charge on any atom is -0.270 e. The first-order chi connectivity index (χ1) is 6.19. The first kappa shape index (κ1) is 10.2. The van der Waals surface area contributed by atoms with Gasteiger partial charge in [0.2, 0.25) is 0 Å². The van der Waals surface area contributed by atoms with Crippen molar-refractivity contribution in [3.63, 3.8) is 0 Å². The van der Waals surface area contributed by atoms with E-state index in [1.807, 2.05) is 0 Å². The van der Waals surface area contributed by atoms with Crippen molar-refractivity contribution in [1.29, 1.82) is 0 Å². The van der Waals surface area contributed by atoms with Crippen LogP contribution in [-0.4, -0.2) is 0 Å². The lowest BCUT2D eigenvalue weighted by molar-refractivity contribution is 0.616. The van der Waals surface area contributed by atoms with Gasteiger partial charge in [-0.05, 0) is 33.6 Å². The highest BCUT2D eigenvalue weighted by Crippen LogP contribution is 2.20. The molecular formula is C9H8BrFN2. The van der Waals surface area contributed by atoms with Crippen LogP contribution in [0.3, 0.4) is 0 Å². The Labute approximate surface area is 84.4 Å². The minimum atomic E-state index is -0.392. The molecule has 1 aromatic rings. The topological polar surface area (TPSA) is 38.0 Å². The summed E-state index contributed by atoms with van der Waals surface area (Å²) in [6.45, 7) is 0. The maximum absolute atomic E-state index is 12.8. The molecule has 0 aliphatic heterocycles. The largest absolute Gasteiger partial charge is 0.270 e. The van der Waals surface area contributed by atoms with Gasteiger partial charge in [-0.2, -0.15) is 0 Å². The molecule has 0 heterocycles. The number of hydrogen-bond donors (Lipinski definition) is 2. The maximum Gasteiger partial charge on any atom is 0.137 e. The number of nitrogens with one attached hydrogen (secondary N) is 1. The van der Waals surface area contributed by atoms with Gasteiger partial charge in [0.25, 0.3) is 0 Å². The highest BCUT2D eigenvalue weighted by atomic mass is 79.9. The molecular weight excluding hydrogens is 235 g/mol. The highest BCUT2D eigenvalue weighted by Gasteiger charge is 2.07. The summed E-state index contributed by atoms with van der Waals surface area (Å²) < 4.78 is 13.2. The van der Waals surface area contributed by atoms with Gasteiger partial charge in [-0.25, -0.2) is 9.82 Å². The van der Waals surface area contributed by atoms with Crippen LogP contribution >= 0.6 is 15.9 Å². The smallest absolute Gasteiger partial charge is 0.137 e. The molecule has 0 saturated heterocycles. The molecule has 68 valence electrons. The van der Waals surface area contributed by atoms with Crippen molar-refractivity contribution in [1.82, 2.24) is 5.43 Å². The Kier molecular flexibility index (Phi) is 3.43. The van der Waals surface area contributed by atoms with Gasteiger partial charge in [0.15, 0.2) is 0 Å². The summed E-state index contributed by atoms with van der Waals surface area (Å²) in [5.74, 6) is 7.31. The average Bonchev–Trinajstić information content (AvgIpc) is 2.13. The molecule has 0 saturated carbocycles. The lowest BCUT2D eigenvalue weighted by atomic mass is 10.1. The van der Waals surface area contributed by atoms with Crippen molar-refractivity contribution in [3.8, 4) is 12.3 Å². The normalized spacial score (nSPS) is 12.2. The van der Waals surface area contributed by atoms with Crippen molar-refractivity contribution in [2.45, 2.75) is 6.04 Å². The molecule has 13 heavy (non-hydrogen) atoms. The van der Waals surface area contributed by atoms with E-state index >= 15 is 0 Å². The molecule has 0 spiro atoms. The SMILES string of the molecule is C#CC(NN)c1ccc(F)c(Br)c1. The first-order valence-electron chi connectivity index (χ1n) is 3.56. The van der Waals surface area contributed by atoms with Gasteiger partial charge in [-0.1, -0.05) is 12.0 Å². The average molecular weight is 243 g/mol. The van der Waals surface area contributed by atoms with Crippen LogP contribution in [0.1, 0.15) is 11.6 Å². The van der Waals surface area contributed by atoms with E-state index in [4.69, 9.17) is 12.3 Å². The fraction of sp³-hybridized carbons (Fsp3) is 0.111. The van der Waals surface area contributed by atoms with Crippen molar-refractivity contribution in [2.24, 2.45) is 5.84 Å². The molecule has 1 atom stereocenters. The molecule has 0 radical (unpaired) electrons. The van der Waals surface area contributed by atoms with Crippen LogP contribution in [0.4, 0.5) is 4.39 Å². The fourth-order valence-corrected chi connectivity index (χ4v) is 1.33. The molecule has 1 rings (SSSR count). The summed E-state index contributed by atoms with van der Waals surface area (Å²) in [7, 11) is 0. The van der Waals surface area contributed by atoms with Gasteiger partial charge >= 0.3 is 0 Å². The van der Waals surface area contributed by atoms with E-state index in [2.05, 4.69) is 27.3 Å². The molecule has 4 heteroatoms. The third-order valence-electron chi connectivity index (χ3n) is 1.61. The van der Waals surface area contributed by atoms with Crippen molar-refractivity contribution in [2.75, 3.05) is 0 Å². The van der Waals surface area contributed by atoms with Crippen LogP contribution in [-0.2, 0) is 0 Å². The highest BCUT2D eigenvalue weighted by molar-refractivity contribution is 9.10. The van der Waals surface area contributed by atoms with Crippen LogP contribution in [0.25, 0.3) is 0 Å². The summed E-state index contributed by atoms with van der Waals surface area (Å²) in [6.07, 6.45) is 5.20. The third-order valence-corrected chi connectivity index (χ3v) is 2.22. The van der Waals surface area contributed by atoms with Crippen LogP contribution in [0.5, 0.6) is 0 Å². The zero-order valence-electron chi connectivity index (χ0n) is 6.72. The molecule has 2 nitrogen and oxygen atoms in total. The van der Waals surface area contributed by atoms with E-state index in [0.717, 1.165) is 5.56 Å². The van der Waals surface area contributed by atoms with Gasteiger partial charge in [-0.3, -0.25) is 5.84 Å². The Morgan fingerprint density at radius 3 is 2.77 bits per heavy atom. The number of terminal acetylenes is 1. The molecule has 1 aromatic carbocycles. The second-order valence-electron chi connectivity index (χ2n) is 2.44. The molecule has 0 aromatic heterocycles. The molecule has 0 aliphatic rings. The van der Waals surface area contributed by atoms with Crippen LogP contribution < -0.4 is 11.3 Å². The maximum atomic E-state index is 12.8. The zero-order valence-corrected chi connectivity index (χ0v) is 8.31. The predicted molar refractivity (Wildman–Crippen MR) is 53.0 cm³/mol. The van der Waals surface area contributed by atoms with E-state index in [1.54, 1.807) is 12.1 Å². The first-order valence-corrected chi connectivity index (χ1v) is 4.35. The number of halogens is 2. The zero-order chi connectivity index (χ0) is 9.84. The molecule has 0 bridgehead atoms. The number of nitrogens with two attached hydrogens (primary N) is 1. The standard InChI is InChI=1S/C9H8BrFN2/c1-2-9(13-12)6-3-4-8(11)7(10)5-6/h1,3-5,9,13H,12H2. The predicted octanol–water partition coefficient (Wildman–Crippen LogP) is 1.73. The molecule has 0 aliphatic carbocycles. The molecule has 0 fully saturated rings. The number of benzene rings is 1. The van der Waals surface area contributed by atoms with E-state index in [-0.39, 0.29) is 5.82 Å². The van der Waals surface area contributed by atoms with E-state index in [9.17, 15) is 4.39 Å². The van der Waals surface area contributed by atoms with Gasteiger partial charge in [-0.15, -0.1) is 6.42 Å². The Hall–Kier alpha value is -0.890. The fourth-order valence-electron chi connectivity index (χ4n) is 0.933. The molecule has 3 N–H and O–H groups in total. The number of hydrogen-bond acceptors (Lipinski definition) is 2. The van der Waals surface area contributed by atoms with Gasteiger partial charge in [0.1, 0.15) is 11.9 Å². The number of hydrazine groups is 1. The van der Waals surface area contributed by atoms with E-state index in [0.29, 0.717) is 4.47 Å². The van der Waals surface area contributed by atoms with Crippen molar-refractivity contribution >= 4 is 15.9 Å². The minimum absolute atomic E-state index is 0.323. The summed E-state index contributed by atoms with van der Waals surface area (Å²) >= 11 is 3.06. The van der Waals surface area contributed by atoms with Crippen LogP contribution in [0.2, 0.25) is 0 Å². The lowest BCUT2D eigenvalue weighted by Gasteiger charge is -2.09. The Morgan fingerprint density at radius 2 is 2.31 bits per heavy atom. The Morgan fingerprint density at radius 1 is 1.62 bits per heavy atom. The second kappa shape index (κ2) is 4.38. The van der Waals surface area contributed by atoms with Gasteiger partial charge < -0.3 is 0 Å². The van der Waals surface area contributed by atoms with Gasteiger partial charge in [0.05, 0.1) is 4.47 Å². The monoisotopic (exact) mass is 242 g/mol. The third kappa shape index (κ3) is 2.28. The van der Waals surface area contributed by atoms with E-state index < -0.39 is 6.04 Å². The van der Waals surface area contributed by atoms with Crippen molar-refractivity contribution in [3.05, 3.63) is 34.1 Å². The summed E-state index contributed by atoms with van der Waals surface area (Å²) in [6, 6.07) is 4.13. The van der Waals surface area contributed by atoms with Gasteiger partial charge in [0, 0.05) is 0 Å². The Balaban J connectivity index is 3.04. The quantitative estimate of drug-likeness (QED) is 0.471. The number of rotatable bonds is 2. The van der Waals surface area contributed by atoms with E-state index in [1.165, 1.54) is 6.07 Å². The Bertz CT molecular complexity index is 346. The molecule has 1 unspecified atom stereocenters. The summed E-state index contributed by atoms with van der Waals surface area (Å²) in [4.78, 5) is 0. The summed E-state index contributed by atoms with van der Waals surface area (Å²) in [5.41, 5.74) is 3.18. The van der Waals surface area contributed by atoms with Crippen LogP contribution in [0, 0.1) is 18.2 Å². The second-order valence-corrected chi connectivity index (χ2v) is 3.29. The lowest BCUT2D eigenvalue weighted by Crippen LogP contribution is -2.26.